The van der Waals surface area contributed by atoms with E-state index in [4.69, 9.17) is 11.6 Å². The molecule has 2 aromatic rings. The molecule has 0 bridgehead atoms. The Morgan fingerprint density at radius 2 is 1.79 bits per heavy atom. The smallest absolute Gasteiger partial charge is 0.223 e. The van der Waals surface area contributed by atoms with Crippen molar-refractivity contribution >= 4 is 34.6 Å². The monoisotopic (exact) mass is 274 g/mol. The van der Waals surface area contributed by atoms with E-state index in [2.05, 4.69) is 5.32 Å². The van der Waals surface area contributed by atoms with E-state index < -0.39 is 0 Å². The van der Waals surface area contributed by atoms with E-state index in [1.54, 1.807) is 13.1 Å². The van der Waals surface area contributed by atoms with E-state index >= 15 is 0 Å². The molecule has 0 fully saturated rings. The molecule has 1 amide bonds. The van der Waals surface area contributed by atoms with Crippen molar-refractivity contribution in [2.75, 3.05) is 17.3 Å². The topological polar surface area (TPSA) is 32.3 Å². The Hall–Kier alpha value is -2.00. The average molecular weight is 275 g/mol. The van der Waals surface area contributed by atoms with Gasteiger partial charge in [0.05, 0.1) is 16.4 Å². The Morgan fingerprint density at radius 3 is 2.42 bits per heavy atom. The molecule has 0 aliphatic rings. The second kappa shape index (κ2) is 5.76. The van der Waals surface area contributed by atoms with Gasteiger partial charge in [-0.2, -0.15) is 0 Å². The first kappa shape index (κ1) is 13.4. The quantitative estimate of drug-likeness (QED) is 0.915. The van der Waals surface area contributed by atoms with Gasteiger partial charge < -0.3 is 10.2 Å². The fourth-order valence-corrected chi connectivity index (χ4v) is 2.09. The summed E-state index contributed by atoms with van der Waals surface area (Å²) in [5.74, 6) is -0.0655. The number of hydrogen-bond donors (Lipinski definition) is 1. The van der Waals surface area contributed by atoms with Gasteiger partial charge in [0.2, 0.25) is 5.91 Å². The lowest BCUT2D eigenvalue weighted by atomic mass is 10.2. The van der Waals surface area contributed by atoms with Gasteiger partial charge in [0.1, 0.15) is 0 Å². The third-order valence-corrected chi connectivity index (χ3v) is 3.15. The van der Waals surface area contributed by atoms with E-state index in [1.807, 2.05) is 42.5 Å². The summed E-state index contributed by atoms with van der Waals surface area (Å²) in [6.45, 7) is 1.51. The van der Waals surface area contributed by atoms with Gasteiger partial charge >= 0.3 is 0 Å². The second-order valence-corrected chi connectivity index (χ2v) is 4.61. The molecule has 98 valence electrons. The van der Waals surface area contributed by atoms with Crippen molar-refractivity contribution in [1.82, 2.24) is 0 Å². The molecule has 0 unspecified atom stereocenters. The molecule has 2 rings (SSSR count). The summed E-state index contributed by atoms with van der Waals surface area (Å²) in [4.78, 5) is 13.1. The number of carbonyl (C=O) groups is 1. The molecule has 0 heterocycles. The highest BCUT2D eigenvalue weighted by Gasteiger charge is 2.14. The fraction of sp³-hybridized carbons (Fsp3) is 0.133. The van der Waals surface area contributed by atoms with Crippen molar-refractivity contribution in [1.29, 1.82) is 0 Å². The maximum atomic E-state index is 11.5. The van der Waals surface area contributed by atoms with Crippen LogP contribution in [0.25, 0.3) is 0 Å². The van der Waals surface area contributed by atoms with Gasteiger partial charge in [-0.25, -0.2) is 0 Å². The van der Waals surface area contributed by atoms with Crippen LogP contribution >= 0.6 is 11.6 Å². The predicted molar refractivity (Wildman–Crippen MR) is 80.3 cm³/mol. The number of halogens is 1. The summed E-state index contributed by atoms with van der Waals surface area (Å²) in [7, 11) is 1.71. The minimum atomic E-state index is -0.0655. The first-order valence-corrected chi connectivity index (χ1v) is 6.32. The lowest BCUT2D eigenvalue weighted by Gasteiger charge is -2.21. The van der Waals surface area contributed by atoms with Crippen LogP contribution in [0.2, 0.25) is 5.02 Å². The van der Waals surface area contributed by atoms with Crippen LogP contribution in [0.5, 0.6) is 0 Å². The zero-order valence-corrected chi connectivity index (χ0v) is 11.6. The van der Waals surface area contributed by atoms with Crippen molar-refractivity contribution in [3.8, 4) is 0 Å². The number of hydrogen-bond acceptors (Lipinski definition) is 2. The zero-order valence-electron chi connectivity index (χ0n) is 10.9. The normalized spacial score (nSPS) is 10.1. The molecule has 19 heavy (non-hydrogen) atoms. The van der Waals surface area contributed by atoms with E-state index in [9.17, 15) is 4.79 Å². The first-order valence-electron chi connectivity index (χ1n) is 5.94. The van der Waals surface area contributed by atoms with Crippen LogP contribution in [0.4, 0.5) is 17.1 Å². The maximum absolute atomic E-state index is 11.5. The van der Waals surface area contributed by atoms with Crippen LogP contribution in [-0.4, -0.2) is 13.0 Å². The average Bonchev–Trinajstić information content (AvgIpc) is 2.39. The van der Waals surface area contributed by atoms with Crippen LogP contribution in [-0.2, 0) is 4.79 Å². The summed E-state index contributed by atoms with van der Waals surface area (Å²) >= 11 is 6.20. The fourth-order valence-electron chi connectivity index (χ4n) is 1.79. The van der Waals surface area contributed by atoms with Gasteiger partial charge in [0.15, 0.2) is 0 Å². The highest BCUT2D eigenvalue weighted by molar-refractivity contribution is 6.34. The number of rotatable bonds is 3. The number of anilines is 3. The molecule has 0 saturated carbocycles. The molecule has 1 N–H and O–H groups in total. The molecule has 0 atom stereocenters. The van der Waals surface area contributed by atoms with Crippen LogP contribution in [0.3, 0.4) is 0 Å². The van der Waals surface area contributed by atoms with Crippen LogP contribution in [0, 0.1) is 0 Å². The van der Waals surface area contributed by atoms with Crippen molar-refractivity contribution in [3.63, 3.8) is 0 Å². The lowest BCUT2D eigenvalue weighted by Crippen LogP contribution is -2.24. The van der Waals surface area contributed by atoms with Crippen molar-refractivity contribution in [2.24, 2.45) is 0 Å². The van der Waals surface area contributed by atoms with E-state index in [0.29, 0.717) is 10.7 Å². The molecule has 4 heteroatoms. The van der Waals surface area contributed by atoms with Gasteiger partial charge in [0, 0.05) is 19.7 Å². The van der Waals surface area contributed by atoms with Crippen molar-refractivity contribution in [3.05, 3.63) is 53.6 Å². The van der Waals surface area contributed by atoms with Gasteiger partial charge in [-0.3, -0.25) is 4.79 Å². The van der Waals surface area contributed by atoms with E-state index in [1.165, 1.54) is 11.8 Å². The number of para-hydroxylation sites is 2. The van der Waals surface area contributed by atoms with E-state index in [0.717, 1.165) is 11.4 Å². The molecule has 0 radical (unpaired) electrons. The molecule has 0 saturated heterocycles. The SMILES string of the molecule is CC(=O)N(C)c1c(Cl)cccc1Nc1ccccc1. The Kier molecular flexibility index (Phi) is 4.07. The van der Waals surface area contributed by atoms with E-state index in [-0.39, 0.29) is 5.91 Å². The van der Waals surface area contributed by atoms with Gasteiger partial charge in [-0.05, 0) is 24.3 Å². The Morgan fingerprint density at radius 1 is 1.11 bits per heavy atom. The number of nitrogens with zero attached hydrogens (tertiary/aromatic N) is 1. The first-order chi connectivity index (χ1) is 9.09. The second-order valence-electron chi connectivity index (χ2n) is 4.21. The van der Waals surface area contributed by atoms with Crippen molar-refractivity contribution < 1.29 is 4.79 Å². The molecule has 0 spiro atoms. The highest BCUT2D eigenvalue weighted by Crippen LogP contribution is 2.35. The van der Waals surface area contributed by atoms with Gasteiger partial charge in [-0.15, -0.1) is 0 Å². The molecule has 2 aromatic carbocycles. The molecular formula is C15H15ClN2O. The molecule has 0 aromatic heterocycles. The summed E-state index contributed by atoms with van der Waals surface area (Å²) in [6, 6.07) is 15.3. The molecular weight excluding hydrogens is 260 g/mol. The van der Waals surface area contributed by atoms with Crippen molar-refractivity contribution in [2.45, 2.75) is 6.92 Å². The summed E-state index contributed by atoms with van der Waals surface area (Å²) < 4.78 is 0. The standard InChI is InChI=1S/C15H15ClN2O/c1-11(19)18(2)15-13(16)9-6-10-14(15)17-12-7-4-3-5-8-12/h3-10,17H,1-2H3. The summed E-state index contributed by atoms with van der Waals surface area (Å²) in [6.07, 6.45) is 0. The Bertz CT molecular complexity index is 584. The summed E-state index contributed by atoms with van der Waals surface area (Å²) in [5, 5.41) is 3.81. The minimum Gasteiger partial charge on any atom is -0.354 e. The maximum Gasteiger partial charge on any atom is 0.223 e. The minimum absolute atomic E-state index is 0.0655. The van der Waals surface area contributed by atoms with Crippen LogP contribution in [0.1, 0.15) is 6.92 Å². The third-order valence-electron chi connectivity index (χ3n) is 2.85. The Balaban J connectivity index is 2.40. The predicted octanol–water partition coefficient (Wildman–Crippen LogP) is 4.07. The molecule has 0 aliphatic carbocycles. The van der Waals surface area contributed by atoms with Gasteiger partial charge in [0.25, 0.3) is 0 Å². The van der Waals surface area contributed by atoms with Crippen LogP contribution < -0.4 is 10.2 Å². The third kappa shape index (κ3) is 3.06. The number of amides is 1. The highest BCUT2D eigenvalue weighted by atomic mass is 35.5. The molecule has 3 nitrogen and oxygen atoms in total. The Labute approximate surface area is 117 Å². The number of nitrogens with one attached hydrogen (secondary N) is 1. The zero-order chi connectivity index (χ0) is 13.8. The number of benzene rings is 2. The summed E-state index contributed by atoms with van der Waals surface area (Å²) in [5.41, 5.74) is 2.43. The largest absolute Gasteiger partial charge is 0.354 e. The van der Waals surface area contributed by atoms with Gasteiger partial charge in [-0.1, -0.05) is 35.9 Å². The van der Waals surface area contributed by atoms with Crippen LogP contribution in [0.15, 0.2) is 48.5 Å². The number of carbonyl (C=O) groups excluding carboxylic acids is 1. The lowest BCUT2D eigenvalue weighted by molar-refractivity contribution is -0.116. The molecule has 0 aliphatic heterocycles.